The van der Waals surface area contributed by atoms with Gasteiger partial charge >= 0.3 is 0 Å². The molecule has 0 saturated heterocycles. The quantitative estimate of drug-likeness (QED) is 0.773. The fourth-order valence-electron chi connectivity index (χ4n) is 1.47. The van der Waals surface area contributed by atoms with Crippen LogP contribution in [-0.4, -0.2) is 25.5 Å². The first kappa shape index (κ1) is 10.5. The standard InChI is InChI=1S/C11H15NO2S/c15-7-4-12-9-2-3-10-11(8-9)14-6-1-5-13-10/h2-3,8,12,15H,1,4-7H2. The van der Waals surface area contributed by atoms with Crippen molar-refractivity contribution in [1.29, 1.82) is 0 Å². The average Bonchev–Trinajstić information content (AvgIpc) is 2.50. The van der Waals surface area contributed by atoms with Crippen LogP contribution in [0, 0.1) is 0 Å². The summed E-state index contributed by atoms with van der Waals surface area (Å²) in [6, 6.07) is 5.92. The molecular formula is C11H15NO2S. The summed E-state index contributed by atoms with van der Waals surface area (Å²) in [5.41, 5.74) is 1.05. The maximum absolute atomic E-state index is 5.58. The first-order chi connectivity index (χ1) is 7.40. The maximum Gasteiger partial charge on any atom is 0.163 e. The Bertz CT molecular complexity index is 330. The molecule has 4 heteroatoms. The van der Waals surface area contributed by atoms with Gasteiger partial charge in [-0.25, -0.2) is 0 Å². The van der Waals surface area contributed by atoms with E-state index >= 15 is 0 Å². The van der Waals surface area contributed by atoms with Crippen LogP contribution in [0.5, 0.6) is 11.5 Å². The van der Waals surface area contributed by atoms with Crippen molar-refractivity contribution < 1.29 is 9.47 Å². The smallest absolute Gasteiger partial charge is 0.163 e. The number of ether oxygens (including phenoxy) is 2. The average molecular weight is 225 g/mol. The van der Waals surface area contributed by atoms with Gasteiger partial charge in [-0.15, -0.1) is 0 Å². The molecule has 1 heterocycles. The largest absolute Gasteiger partial charge is 0.490 e. The number of rotatable bonds is 3. The van der Waals surface area contributed by atoms with E-state index in [0.717, 1.165) is 49.1 Å². The van der Waals surface area contributed by atoms with Gasteiger partial charge in [0.1, 0.15) is 0 Å². The minimum absolute atomic E-state index is 0.725. The Morgan fingerprint density at radius 1 is 1.20 bits per heavy atom. The summed E-state index contributed by atoms with van der Waals surface area (Å²) >= 11 is 4.15. The molecule has 15 heavy (non-hydrogen) atoms. The molecule has 0 fully saturated rings. The Kier molecular flexibility index (Phi) is 3.61. The SMILES string of the molecule is SCCNc1ccc2c(c1)OCCCO2. The van der Waals surface area contributed by atoms with E-state index in [2.05, 4.69) is 17.9 Å². The molecule has 0 aliphatic carbocycles. The molecule has 0 aromatic heterocycles. The third-order valence-electron chi connectivity index (χ3n) is 2.19. The highest BCUT2D eigenvalue weighted by Gasteiger charge is 2.09. The molecule has 1 aliphatic heterocycles. The highest BCUT2D eigenvalue weighted by Crippen LogP contribution is 2.32. The van der Waals surface area contributed by atoms with Crippen molar-refractivity contribution in [2.24, 2.45) is 0 Å². The highest BCUT2D eigenvalue weighted by atomic mass is 32.1. The maximum atomic E-state index is 5.58. The molecule has 82 valence electrons. The Labute approximate surface area is 95.2 Å². The lowest BCUT2D eigenvalue weighted by Gasteiger charge is -2.10. The number of nitrogens with one attached hydrogen (secondary N) is 1. The number of hydrogen-bond acceptors (Lipinski definition) is 4. The van der Waals surface area contributed by atoms with Crippen LogP contribution < -0.4 is 14.8 Å². The molecule has 2 rings (SSSR count). The van der Waals surface area contributed by atoms with Crippen LogP contribution >= 0.6 is 12.6 Å². The van der Waals surface area contributed by atoms with E-state index in [0.29, 0.717) is 0 Å². The molecule has 0 atom stereocenters. The minimum Gasteiger partial charge on any atom is -0.490 e. The second-order valence-corrected chi connectivity index (χ2v) is 3.81. The van der Waals surface area contributed by atoms with Gasteiger partial charge in [0.05, 0.1) is 13.2 Å². The first-order valence-electron chi connectivity index (χ1n) is 5.14. The van der Waals surface area contributed by atoms with Gasteiger partial charge in [-0.05, 0) is 12.1 Å². The molecule has 0 amide bonds. The summed E-state index contributed by atoms with van der Waals surface area (Å²) in [5.74, 6) is 2.48. The Morgan fingerprint density at radius 2 is 2.00 bits per heavy atom. The van der Waals surface area contributed by atoms with E-state index in [9.17, 15) is 0 Å². The normalized spacial score (nSPS) is 14.5. The van der Waals surface area contributed by atoms with Crippen molar-refractivity contribution in [3.8, 4) is 11.5 Å². The Morgan fingerprint density at radius 3 is 2.80 bits per heavy atom. The predicted molar refractivity (Wildman–Crippen MR) is 64.4 cm³/mol. The molecule has 1 aromatic carbocycles. The number of benzene rings is 1. The third-order valence-corrected chi connectivity index (χ3v) is 2.41. The fourth-order valence-corrected chi connectivity index (χ4v) is 1.59. The lowest BCUT2D eigenvalue weighted by Crippen LogP contribution is -2.02. The first-order valence-corrected chi connectivity index (χ1v) is 5.78. The van der Waals surface area contributed by atoms with Gasteiger partial charge < -0.3 is 14.8 Å². The fraction of sp³-hybridized carbons (Fsp3) is 0.455. The summed E-state index contributed by atoms with van der Waals surface area (Å²) in [7, 11) is 0. The van der Waals surface area contributed by atoms with Crippen LogP contribution in [0.4, 0.5) is 5.69 Å². The zero-order chi connectivity index (χ0) is 10.5. The van der Waals surface area contributed by atoms with E-state index in [1.807, 2.05) is 18.2 Å². The van der Waals surface area contributed by atoms with Gasteiger partial charge in [-0.2, -0.15) is 12.6 Å². The van der Waals surface area contributed by atoms with Crippen molar-refractivity contribution in [3.63, 3.8) is 0 Å². The molecule has 0 saturated carbocycles. The molecule has 0 radical (unpaired) electrons. The van der Waals surface area contributed by atoms with E-state index in [1.165, 1.54) is 0 Å². The number of thiol groups is 1. The minimum atomic E-state index is 0.725. The van der Waals surface area contributed by atoms with Gasteiger partial charge in [-0.3, -0.25) is 0 Å². The summed E-state index contributed by atoms with van der Waals surface area (Å²) in [5, 5.41) is 3.25. The second kappa shape index (κ2) is 5.16. The molecule has 0 bridgehead atoms. The second-order valence-electron chi connectivity index (χ2n) is 3.36. The van der Waals surface area contributed by atoms with Crippen LogP contribution in [-0.2, 0) is 0 Å². The van der Waals surface area contributed by atoms with E-state index in [-0.39, 0.29) is 0 Å². The molecule has 1 aromatic rings. The molecule has 1 N–H and O–H groups in total. The van der Waals surface area contributed by atoms with Gasteiger partial charge in [0.2, 0.25) is 0 Å². The van der Waals surface area contributed by atoms with Crippen molar-refractivity contribution in [3.05, 3.63) is 18.2 Å². The summed E-state index contributed by atoms with van der Waals surface area (Å²) in [4.78, 5) is 0. The van der Waals surface area contributed by atoms with E-state index < -0.39 is 0 Å². The third kappa shape index (κ3) is 2.72. The number of fused-ring (bicyclic) bond motifs is 1. The van der Waals surface area contributed by atoms with Crippen LogP contribution in [0.1, 0.15) is 6.42 Å². The van der Waals surface area contributed by atoms with Crippen molar-refractivity contribution in [2.75, 3.05) is 30.8 Å². The molecule has 3 nitrogen and oxygen atoms in total. The van der Waals surface area contributed by atoms with Crippen LogP contribution in [0.25, 0.3) is 0 Å². The predicted octanol–water partition coefficient (Wildman–Crippen LogP) is 2.19. The molecule has 0 spiro atoms. The van der Waals surface area contributed by atoms with Crippen molar-refractivity contribution in [2.45, 2.75) is 6.42 Å². The Balaban J connectivity index is 2.13. The zero-order valence-corrected chi connectivity index (χ0v) is 9.43. The molecule has 1 aliphatic rings. The van der Waals surface area contributed by atoms with E-state index in [1.54, 1.807) is 0 Å². The van der Waals surface area contributed by atoms with Gasteiger partial charge in [0.25, 0.3) is 0 Å². The van der Waals surface area contributed by atoms with Gasteiger partial charge in [0, 0.05) is 30.5 Å². The van der Waals surface area contributed by atoms with Crippen molar-refractivity contribution >= 4 is 18.3 Å². The molecular weight excluding hydrogens is 210 g/mol. The van der Waals surface area contributed by atoms with Crippen LogP contribution in [0.2, 0.25) is 0 Å². The van der Waals surface area contributed by atoms with Crippen molar-refractivity contribution in [1.82, 2.24) is 0 Å². The number of hydrogen-bond donors (Lipinski definition) is 2. The number of anilines is 1. The monoisotopic (exact) mass is 225 g/mol. The molecule has 0 unspecified atom stereocenters. The van der Waals surface area contributed by atoms with Crippen LogP contribution in [0.15, 0.2) is 18.2 Å². The summed E-state index contributed by atoms with van der Waals surface area (Å²) in [6.45, 7) is 2.31. The topological polar surface area (TPSA) is 30.5 Å². The summed E-state index contributed by atoms with van der Waals surface area (Å²) < 4.78 is 11.1. The van der Waals surface area contributed by atoms with Crippen LogP contribution in [0.3, 0.4) is 0 Å². The lowest BCUT2D eigenvalue weighted by atomic mass is 10.2. The lowest BCUT2D eigenvalue weighted by molar-refractivity contribution is 0.297. The zero-order valence-electron chi connectivity index (χ0n) is 8.53. The van der Waals surface area contributed by atoms with Gasteiger partial charge in [0.15, 0.2) is 11.5 Å². The Hall–Kier alpha value is -1.03. The summed E-state index contributed by atoms with van der Waals surface area (Å²) in [6.07, 6.45) is 0.939. The van der Waals surface area contributed by atoms with Gasteiger partial charge in [-0.1, -0.05) is 0 Å². The highest BCUT2D eigenvalue weighted by molar-refractivity contribution is 7.80. The van der Waals surface area contributed by atoms with E-state index in [4.69, 9.17) is 9.47 Å².